The fourth-order valence-corrected chi connectivity index (χ4v) is 4.68. The summed E-state index contributed by atoms with van der Waals surface area (Å²) in [7, 11) is 1.50. The molecular weight excluding hydrogens is 456 g/mol. The Morgan fingerprint density at radius 3 is 2.65 bits per heavy atom. The summed E-state index contributed by atoms with van der Waals surface area (Å²) in [6.07, 6.45) is 3.26. The van der Waals surface area contributed by atoms with Gasteiger partial charge in [-0.25, -0.2) is 4.68 Å². The van der Waals surface area contributed by atoms with Crippen molar-refractivity contribution in [1.29, 1.82) is 5.26 Å². The van der Waals surface area contributed by atoms with Gasteiger partial charge in [0.1, 0.15) is 17.2 Å². The monoisotopic (exact) mass is 482 g/mol. The van der Waals surface area contributed by atoms with E-state index in [0.717, 1.165) is 48.4 Å². The van der Waals surface area contributed by atoms with E-state index in [1.807, 2.05) is 6.92 Å². The molecule has 3 aromatic rings. The number of rotatable bonds is 7. The van der Waals surface area contributed by atoms with Gasteiger partial charge in [-0.1, -0.05) is 11.3 Å². The Labute approximate surface area is 200 Å². The van der Waals surface area contributed by atoms with Crippen molar-refractivity contribution in [1.82, 2.24) is 20.1 Å². The number of thiazole rings is 1. The minimum absolute atomic E-state index is 0.0227. The summed E-state index contributed by atoms with van der Waals surface area (Å²) in [5, 5.41) is 26.6. The number of carbonyl (C=O) groups excluding carboxylic acids is 1. The normalized spacial score (nSPS) is 18.7. The molecule has 11 heteroatoms. The van der Waals surface area contributed by atoms with Crippen molar-refractivity contribution < 1.29 is 19.4 Å². The molecule has 0 saturated heterocycles. The fraction of sp³-hybridized carbons (Fsp3) is 0.391. The third-order valence-electron chi connectivity index (χ3n) is 5.83. The summed E-state index contributed by atoms with van der Waals surface area (Å²) in [5.74, 6) is 0.134. The number of hydrogen-bond acceptors (Lipinski definition) is 9. The number of hydrogen-bond donors (Lipinski definition) is 3. The van der Waals surface area contributed by atoms with Gasteiger partial charge in [-0.15, -0.1) is 0 Å². The van der Waals surface area contributed by atoms with Gasteiger partial charge < -0.3 is 25.6 Å². The second-order valence-electron chi connectivity index (χ2n) is 8.08. The number of aliphatic hydroxyl groups excluding tert-OH is 1. The van der Waals surface area contributed by atoms with Crippen molar-refractivity contribution in [2.45, 2.75) is 51.0 Å². The largest absolute Gasteiger partial charge is 0.473 e. The fourth-order valence-electron chi connectivity index (χ4n) is 3.97. The van der Waals surface area contributed by atoms with Gasteiger partial charge in [0, 0.05) is 6.04 Å². The van der Waals surface area contributed by atoms with Crippen LogP contribution in [-0.4, -0.2) is 45.0 Å². The Morgan fingerprint density at radius 1 is 1.32 bits per heavy atom. The summed E-state index contributed by atoms with van der Waals surface area (Å²) in [6, 6.07) is 9.15. The van der Waals surface area contributed by atoms with Crippen molar-refractivity contribution in [3.8, 4) is 22.8 Å². The highest BCUT2D eigenvalue weighted by Crippen LogP contribution is 2.35. The topological polar surface area (TPSA) is 148 Å². The summed E-state index contributed by atoms with van der Waals surface area (Å²) in [6.45, 7) is 1.84. The number of nitrogens with two attached hydrogens (primary N) is 1. The lowest BCUT2D eigenvalue weighted by atomic mass is 9.92. The van der Waals surface area contributed by atoms with Crippen LogP contribution in [-0.2, 0) is 0 Å². The molecule has 34 heavy (non-hydrogen) atoms. The van der Waals surface area contributed by atoms with Crippen LogP contribution >= 0.6 is 11.3 Å². The van der Waals surface area contributed by atoms with Crippen LogP contribution < -0.4 is 20.5 Å². The predicted octanol–water partition coefficient (Wildman–Crippen LogP) is 2.59. The molecule has 0 spiro atoms. The lowest BCUT2D eigenvalue weighted by Gasteiger charge is -2.29. The summed E-state index contributed by atoms with van der Waals surface area (Å²) in [5.41, 5.74) is 8.20. The molecule has 10 nitrogen and oxygen atoms in total. The Hall–Kier alpha value is -3.46. The first-order chi connectivity index (χ1) is 16.4. The maximum atomic E-state index is 12.9. The Balaban J connectivity index is 1.34. The number of carbonyl (C=O) groups is 1. The second kappa shape index (κ2) is 10.2. The minimum Gasteiger partial charge on any atom is -0.473 e. The molecule has 178 valence electrons. The Morgan fingerprint density at radius 2 is 2.03 bits per heavy atom. The van der Waals surface area contributed by atoms with E-state index in [1.54, 1.807) is 35.1 Å². The van der Waals surface area contributed by atoms with Gasteiger partial charge in [0.05, 0.1) is 41.9 Å². The van der Waals surface area contributed by atoms with Gasteiger partial charge in [0.2, 0.25) is 5.88 Å². The average Bonchev–Trinajstić information content (AvgIpc) is 3.44. The van der Waals surface area contributed by atoms with Crippen LogP contribution in [0.25, 0.3) is 5.69 Å². The highest BCUT2D eigenvalue weighted by molar-refractivity contribution is 7.13. The molecule has 1 aromatic carbocycles. The van der Waals surface area contributed by atoms with Crippen molar-refractivity contribution >= 4 is 17.2 Å². The highest BCUT2D eigenvalue weighted by atomic mass is 32.1. The Kier molecular flexibility index (Phi) is 7.12. The smallest absolute Gasteiger partial charge is 0.276 e. The summed E-state index contributed by atoms with van der Waals surface area (Å²) >= 11 is 1.15. The first-order valence-electron chi connectivity index (χ1n) is 10.9. The standard InChI is InChI=1S/C23H26N6O4S/c1-13-18(12-26-29(13)16-7-3-14(11-24)4-8-16)21(31)27-15-5-9-17(10-6-15)33-22-19(20(25)30)34-23(28-22)32-2/h3-4,7-8,12,15,17,20,30H,5-6,9-10,25H2,1-2H3,(H,27,31). The van der Waals surface area contributed by atoms with E-state index in [1.165, 1.54) is 7.11 Å². The molecule has 1 saturated carbocycles. The number of benzene rings is 1. The third kappa shape index (κ3) is 5.04. The average molecular weight is 483 g/mol. The molecule has 0 aliphatic heterocycles. The van der Waals surface area contributed by atoms with Crippen molar-refractivity contribution in [2.75, 3.05) is 7.11 Å². The van der Waals surface area contributed by atoms with Gasteiger partial charge >= 0.3 is 0 Å². The Bertz CT molecular complexity index is 1190. The van der Waals surface area contributed by atoms with E-state index in [2.05, 4.69) is 21.5 Å². The van der Waals surface area contributed by atoms with Crippen LogP contribution in [0.2, 0.25) is 0 Å². The molecule has 2 aromatic heterocycles. The minimum atomic E-state index is -1.18. The van der Waals surface area contributed by atoms with Crippen LogP contribution in [0.4, 0.5) is 0 Å². The molecule has 1 fully saturated rings. The van der Waals surface area contributed by atoms with Gasteiger partial charge in [0.15, 0.2) is 0 Å². The van der Waals surface area contributed by atoms with Gasteiger partial charge in [-0.05, 0) is 56.9 Å². The van der Waals surface area contributed by atoms with Crippen LogP contribution in [0.3, 0.4) is 0 Å². The predicted molar refractivity (Wildman–Crippen MR) is 125 cm³/mol. The van der Waals surface area contributed by atoms with Crippen LogP contribution in [0.5, 0.6) is 11.1 Å². The maximum Gasteiger partial charge on any atom is 0.276 e. The van der Waals surface area contributed by atoms with Gasteiger partial charge in [-0.3, -0.25) is 4.79 Å². The zero-order valence-corrected chi connectivity index (χ0v) is 19.7. The number of aromatic nitrogens is 3. The number of amides is 1. The van der Waals surface area contributed by atoms with E-state index < -0.39 is 6.23 Å². The molecule has 1 aliphatic carbocycles. The van der Waals surface area contributed by atoms with E-state index in [-0.39, 0.29) is 18.1 Å². The molecule has 0 radical (unpaired) electrons. The number of ether oxygens (including phenoxy) is 2. The lowest BCUT2D eigenvalue weighted by molar-refractivity contribution is 0.0883. The van der Waals surface area contributed by atoms with Gasteiger partial charge in [0.25, 0.3) is 11.1 Å². The van der Waals surface area contributed by atoms with Crippen molar-refractivity contribution in [3.63, 3.8) is 0 Å². The zero-order chi connectivity index (χ0) is 24.2. The number of nitrogens with zero attached hydrogens (tertiary/aromatic N) is 4. The maximum absolute atomic E-state index is 12.9. The molecule has 4 rings (SSSR count). The summed E-state index contributed by atoms with van der Waals surface area (Å²) < 4.78 is 12.8. The molecule has 1 unspecified atom stereocenters. The molecule has 1 atom stereocenters. The molecule has 4 N–H and O–H groups in total. The van der Waals surface area contributed by atoms with E-state index in [0.29, 0.717) is 27.1 Å². The number of nitriles is 1. The number of aliphatic hydroxyl groups is 1. The van der Waals surface area contributed by atoms with E-state index in [9.17, 15) is 9.90 Å². The SMILES string of the molecule is COc1nc(OC2CCC(NC(=O)c3cnn(-c4ccc(C#N)cc4)c3C)CC2)c(C(N)O)s1. The quantitative estimate of drug-likeness (QED) is 0.435. The molecule has 1 amide bonds. The van der Waals surface area contributed by atoms with Crippen LogP contribution in [0.1, 0.15) is 58.4 Å². The molecule has 2 heterocycles. The molecule has 1 aliphatic rings. The molecule has 0 bridgehead atoms. The zero-order valence-electron chi connectivity index (χ0n) is 18.9. The number of nitrogens with one attached hydrogen (secondary N) is 1. The number of methoxy groups -OCH3 is 1. The van der Waals surface area contributed by atoms with E-state index in [4.69, 9.17) is 20.5 Å². The van der Waals surface area contributed by atoms with Gasteiger partial charge in [-0.2, -0.15) is 15.3 Å². The van der Waals surface area contributed by atoms with Crippen molar-refractivity contribution in [2.24, 2.45) is 5.73 Å². The summed E-state index contributed by atoms with van der Waals surface area (Å²) in [4.78, 5) is 17.6. The first-order valence-corrected chi connectivity index (χ1v) is 11.7. The van der Waals surface area contributed by atoms with Crippen LogP contribution in [0.15, 0.2) is 30.5 Å². The first kappa shape index (κ1) is 23.7. The van der Waals surface area contributed by atoms with Crippen molar-refractivity contribution in [3.05, 3.63) is 52.2 Å². The van der Waals surface area contributed by atoms with Crippen LogP contribution in [0, 0.1) is 18.3 Å². The third-order valence-corrected chi connectivity index (χ3v) is 6.90. The molecular formula is C23H26N6O4S. The second-order valence-corrected chi connectivity index (χ2v) is 9.07. The highest BCUT2D eigenvalue weighted by Gasteiger charge is 2.27. The van der Waals surface area contributed by atoms with E-state index >= 15 is 0 Å². The lowest BCUT2D eigenvalue weighted by Crippen LogP contribution is -2.40.